The largest absolute Gasteiger partial charge is 0.459 e. The number of rotatable bonds is 2. The van der Waals surface area contributed by atoms with E-state index in [1.807, 2.05) is 18.2 Å². The van der Waals surface area contributed by atoms with Crippen LogP contribution >= 0.6 is 0 Å². The molecule has 3 aromatic rings. The van der Waals surface area contributed by atoms with E-state index >= 15 is 0 Å². The van der Waals surface area contributed by atoms with Crippen LogP contribution in [0.4, 0.5) is 0 Å². The quantitative estimate of drug-likeness (QED) is 0.737. The zero-order valence-electron chi connectivity index (χ0n) is 13.0. The summed E-state index contributed by atoms with van der Waals surface area (Å²) in [6, 6.07) is 12.2. The molecule has 1 aromatic heterocycles. The molecule has 0 radical (unpaired) electrons. The molecule has 3 rings (SSSR count). The summed E-state index contributed by atoms with van der Waals surface area (Å²) in [6.45, 7) is 8.43. The Morgan fingerprint density at radius 3 is 2.19 bits per heavy atom. The van der Waals surface area contributed by atoms with Crippen molar-refractivity contribution in [3.8, 4) is 0 Å². The minimum absolute atomic E-state index is 0.224. The first-order valence-electron chi connectivity index (χ1n) is 7.30. The van der Waals surface area contributed by atoms with Crippen molar-refractivity contribution in [2.45, 2.75) is 33.7 Å². The van der Waals surface area contributed by atoms with Crippen LogP contribution in [0.15, 0.2) is 40.8 Å². The third kappa shape index (κ3) is 2.26. The normalized spacial score (nSPS) is 12.8. The van der Waals surface area contributed by atoms with Crippen molar-refractivity contribution in [1.29, 1.82) is 0 Å². The molecule has 0 spiro atoms. The van der Waals surface area contributed by atoms with Gasteiger partial charge in [0.25, 0.3) is 0 Å². The predicted octanol–water partition coefficient (Wildman–Crippen LogP) is 4.71. The van der Waals surface area contributed by atoms with Crippen molar-refractivity contribution in [2.75, 3.05) is 0 Å². The van der Waals surface area contributed by atoms with E-state index in [0.29, 0.717) is 0 Å². The number of aryl methyl sites for hydroxylation is 4. The summed E-state index contributed by atoms with van der Waals surface area (Å²) < 4.78 is 6.03. The van der Waals surface area contributed by atoms with Crippen LogP contribution in [0.5, 0.6) is 0 Å². The van der Waals surface area contributed by atoms with E-state index in [9.17, 15) is 0 Å². The minimum atomic E-state index is -0.224. The average molecular weight is 279 g/mol. The van der Waals surface area contributed by atoms with Gasteiger partial charge in [-0.2, -0.15) is 0 Å². The third-order valence-electron chi connectivity index (χ3n) is 4.21. The molecule has 0 saturated carbocycles. The van der Waals surface area contributed by atoms with Gasteiger partial charge in [-0.25, -0.2) is 0 Å². The second-order valence-corrected chi connectivity index (χ2v) is 5.88. The number of hydrogen-bond acceptors (Lipinski definition) is 2. The number of para-hydroxylation sites is 1. The number of fused-ring (bicyclic) bond motifs is 1. The van der Waals surface area contributed by atoms with Crippen LogP contribution in [0.1, 0.15) is 39.6 Å². The zero-order valence-corrected chi connectivity index (χ0v) is 13.0. The molecule has 2 heteroatoms. The molecule has 2 nitrogen and oxygen atoms in total. The van der Waals surface area contributed by atoms with Gasteiger partial charge in [0.05, 0.1) is 6.04 Å². The molecular weight excluding hydrogens is 258 g/mol. The maximum absolute atomic E-state index is 6.54. The lowest BCUT2D eigenvalue weighted by molar-refractivity contribution is 0.519. The van der Waals surface area contributed by atoms with Gasteiger partial charge < -0.3 is 10.2 Å². The second-order valence-electron chi connectivity index (χ2n) is 5.88. The summed E-state index contributed by atoms with van der Waals surface area (Å²) in [6.07, 6.45) is 0. The molecule has 0 aliphatic rings. The highest BCUT2D eigenvalue weighted by Crippen LogP contribution is 2.34. The van der Waals surface area contributed by atoms with Gasteiger partial charge in [0.1, 0.15) is 11.3 Å². The Kier molecular flexibility index (Phi) is 3.34. The second kappa shape index (κ2) is 5.05. The van der Waals surface area contributed by atoms with Gasteiger partial charge >= 0.3 is 0 Å². The van der Waals surface area contributed by atoms with Crippen molar-refractivity contribution < 1.29 is 4.42 Å². The van der Waals surface area contributed by atoms with E-state index in [0.717, 1.165) is 22.3 Å². The molecule has 0 aliphatic carbocycles. The molecule has 0 bridgehead atoms. The molecule has 0 saturated heterocycles. The highest BCUT2D eigenvalue weighted by molar-refractivity contribution is 5.82. The average Bonchev–Trinajstić information content (AvgIpc) is 2.75. The van der Waals surface area contributed by atoms with E-state index in [2.05, 4.69) is 45.9 Å². The van der Waals surface area contributed by atoms with Crippen molar-refractivity contribution in [1.82, 2.24) is 0 Å². The fraction of sp³-hybridized carbons (Fsp3) is 0.263. The topological polar surface area (TPSA) is 39.2 Å². The van der Waals surface area contributed by atoms with Gasteiger partial charge in [0.2, 0.25) is 0 Å². The molecule has 0 fully saturated rings. The maximum Gasteiger partial charge on any atom is 0.134 e. The Labute approximate surface area is 125 Å². The molecule has 2 aromatic carbocycles. The van der Waals surface area contributed by atoms with Crippen LogP contribution in [-0.4, -0.2) is 0 Å². The molecule has 1 atom stereocenters. The molecule has 108 valence electrons. The van der Waals surface area contributed by atoms with Crippen molar-refractivity contribution in [2.24, 2.45) is 5.73 Å². The fourth-order valence-electron chi connectivity index (χ4n) is 3.30. The Bertz CT molecular complexity index is 791. The number of hydrogen-bond donors (Lipinski definition) is 1. The molecule has 21 heavy (non-hydrogen) atoms. The number of furan rings is 1. The van der Waals surface area contributed by atoms with Crippen LogP contribution in [-0.2, 0) is 0 Å². The Morgan fingerprint density at radius 1 is 0.952 bits per heavy atom. The summed E-state index contributed by atoms with van der Waals surface area (Å²) in [5.41, 5.74) is 13.5. The highest BCUT2D eigenvalue weighted by Gasteiger charge is 2.21. The lowest BCUT2D eigenvalue weighted by Crippen LogP contribution is -2.15. The van der Waals surface area contributed by atoms with Crippen molar-refractivity contribution in [3.63, 3.8) is 0 Å². The molecular formula is C19H21NO. The lowest BCUT2D eigenvalue weighted by Gasteiger charge is -2.17. The summed E-state index contributed by atoms with van der Waals surface area (Å²) >= 11 is 0. The molecule has 1 heterocycles. The summed E-state index contributed by atoms with van der Waals surface area (Å²) in [5, 5.41) is 1.14. The minimum Gasteiger partial charge on any atom is -0.459 e. The first kappa shape index (κ1) is 13.9. The molecule has 2 N–H and O–H groups in total. The van der Waals surface area contributed by atoms with E-state index in [1.165, 1.54) is 22.3 Å². The SMILES string of the molecule is Cc1cc(C)c(C(N)c2oc3ccccc3c2C)c(C)c1. The first-order chi connectivity index (χ1) is 9.99. The van der Waals surface area contributed by atoms with Crippen LogP contribution in [0.2, 0.25) is 0 Å². The van der Waals surface area contributed by atoms with Crippen molar-refractivity contribution in [3.05, 3.63) is 70.0 Å². The van der Waals surface area contributed by atoms with Crippen molar-refractivity contribution >= 4 is 11.0 Å². The fourth-order valence-corrected chi connectivity index (χ4v) is 3.30. The Hall–Kier alpha value is -2.06. The Balaban J connectivity index is 2.17. The van der Waals surface area contributed by atoms with Crippen LogP contribution in [0, 0.1) is 27.7 Å². The van der Waals surface area contributed by atoms with Crippen LogP contribution in [0.25, 0.3) is 11.0 Å². The molecule has 1 unspecified atom stereocenters. The van der Waals surface area contributed by atoms with Gasteiger partial charge in [-0.15, -0.1) is 0 Å². The van der Waals surface area contributed by atoms with E-state index < -0.39 is 0 Å². The number of benzene rings is 2. The van der Waals surface area contributed by atoms with E-state index in [4.69, 9.17) is 10.2 Å². The highest BCUT2D eigenvalue weighted by atomic mass is 16.3. The number of nitrogens with two attached hydrogens (primary N) is 1. The predicted molar refractivity (Wildman–Crippen MR) is 87.6 cm³/mol. The van der Waals surface area contributed by atoms with E-state index in [1.54, 1.807) is 0 Å². The summed E-state index contributed by atoms with van der Waals surface area (Å²) in [7, 11) is 0. The maximum atomic E-state index is 6.54. The van der Waals surface area contributed by atoms with Gasteiger partial charge in [-0.1, -0.05) is 35.9 Å². The third-order valence-corrected chi connectivity index (χ3v) is 4.21. The van der Waals surface area contributed by atoms with E-state index in [-0.39, 0.29) is 6.04 Å². The Morgan fingerprint density at radius 2 is 1.57 bits per heavy atom. The standard InChI is InChI=1S/C19H21NO/c1-11-9-12(2)17(13(3)10-11)18(20)19-14(4)15-7-5-6-8-16(15)21-19/h5-10,18H,20H2,1-4H3. The van der Waals surface area contributed by atoms with Gasteiger partial charge in [0.15, 0.2) is 0 Å². The lowest BCUT2D eigenvalue weighted by atomic mass is 9.92. The monoisotopic (exact) mass is 279 g/mol. The molecule has 0 aliphatic heterocycles. The van der Waals surface area contributed by atoms with Crippen LogP contribution < -0.4 is 5.73 Å². The summed E-state index contributed by atoms with van der Waals surface area (Å²) in [4.78, 5) is 0. The zero-order chi connectivity index (χ0) is 15.1. The smallest absolute Gasteiger partial charge is 0.134 e. The van der Waals surface area contributed by atoms with Gasteiger partial charge in [-0.05, 0) is 50.5 Å². The van der Waals surface area contributed by atoms with Gasteiger partial charge in [-0.3, -0.25) is 0 Å². The summed E-state index contributed by atoms with van der Waals surface area (Å²) in [5.74, 6) is 0.867. The van der Waals surface area contributed by atoms with Crippen LogP contribution in [0.3, 0.4) is 0 Å². The van der Waals surface area contributed by atoms with Gasteiger partial charge in [0, 0.05) is 10.9 Å². The molecule has 0 amide bonds. The first-order valence-corrected chi connectivity index (χ1v) is 7.30.